The van der Waals surface area contributed by atoms with Crippen molar-refractivity contribution in [3.63, 3.8) is 0 Å². The van der Waals surface area contributed by atoms with Gasteiger partial charge in [0.25, 0.3) is 11.6 Å². The summed E-state index contributed by atoms with van der Waals surface area (Å²) in [6.45, 7) is 2.91. The summed E-state index contributed by atoms with van der Waals surface area (Å²) < 4.78 is 4.92. The number of nitro groups is 1. The van der Waals surface area contributed by atoms with Gasteiger partial charge in [-0.1, -0.05) is 11.6 Å². The highest BCUT2D eigenvalue weighted by Gasteiger charge is 2.18. The lowest BCUT2D eigenvalue weighted by Gasteiger charge is -2.06. The molecule has 0 spiro atoms. The van der Waals surface area contributed by atoms with Crippen LogP contribution in [0.1, 0.15) is 20.4 Å². The summed E-state index contributed by atoms with van der Waals surface area (Å²) >= 11 is 6.86. The van der Waals surface area contributed by atoms with Gasteiger partial charge >= 0.3 is 5.97 Å². The molecule has 1 aromatic heterocycles. The topological polar surface area (TPSA) is 111 Å². The number of aromatic nitrogens is 1. The minimum absolute atomic E-state index is 0.0412. The number of hydrogen-bond acceptors (Lipinski definition) is 7. The van der Waals surface area contributed by atoms with E-state index in [1.165, 1.54) is 23.5 Å². The van der Waals surface area contributed by atoms with Crippen LogP contribution in [0.5, 0.6) is 0 Å². The SMILES string of the molecule is Cc1nc(C)c(C(=O)OCC(=O)Nc2ccc(Cl)c([N+](=O)[O-])c2)s1. The van der Waals surface area contributed by atoms with Gasteiger partial charge in [0.2, 0.25) is 0 Å². The molecule has 1 aromatic carbocycles. The van der Waals surface area contributed by atoms with Crippen molar-refractivity contribution in [3.8, 4) is 0 Å². The molecule has 1 heterocycles. The molecule has 0 bridgehead atoms. The fourth-order valence-corrected chi connectivity index (χ4v) is 2.84. The highest BCUT2D eigenvalue weighted by molar-refractivity contribution is 7.13. The molecule has 8 nitrogen and oxygen atoms in total. The van der Waals surface area contributed by atoms with Crippen LogP contribution in [0.15, 0.2) is 18.2 Å². The van der Waals surface area contributed by atoms with Crippen LogP contribution in [0.3, 0.4) is 0 Å². The number of carbonyl (C=O) groups excluding carboxylic acids is 2. The first-order valence-corrected chi connectivity index (χ1v) is 7.82. The summed E-state index contributed by atoms with van der Waals surface area (Å²) in [5, 5.41) is 13.9. The van der Waals surface area contributed by atoms with Gasteiger partial charge in [-0.15, -0.1) is 11.3 Å². The number of rotatable bonds is 5. The molecule has 0 atom stereocenters. The number of nitro benzene ring substituents is 1. The molecule has 10 heteroatoms. The third-order valence-corrected chi connectivity index (χ3v) is 4.22. The van der Waals surface area contributed by atoms with Crippen LogP contribution in [-0.4, -0.2) is 28.4 Å². The minimum Gasteiger partial charge on any atom is -0.451 e. The van der Waals surface area contributed by atoms with E-state index in [0.29, 0.717) is 10.6 Å². The molecule has 2 rings (SSSR count). The predicted molar refractivity (Wildman–Crippen MR) is 88.6 cm³/mol. The number of anilines is 1. The summed E-state index contributed by atoms with van der Waals surface area (Å²) in [4.78, 5) is 38.3. The van der Waals surface area contributed by atoms with Gasteiger partial charge in [0.15, 0.2) is 6.61 Å². The van der Waals surface area contributed by atoms with Gasteiger partial charge in [-0.2, -0.15) is 0 Å². The van der Waals surface area contributed by atoms with Crippen LogP contribution in [-0.2, 0) is 9.53 Å². The Balaban J connectivity index is 1.96. The molecule has 0 radical (unpaired) electrons. The highest BCUT2D eigenvalue weighted by atomic mass is 35.5. The number of carbonyl (C=O) groups is 2. The van der Waals surface area contributed by atoms with Crippen molar-refractivity contribution < 1.29 is 19.2 Å². The normalized spacial score (nSPS) is 10.3. The number of nitrogens with one attached hydrogen (secondary N) is 1. The van der Waals surface area contributed by atoms with E-state index in [2.05, 4.69) is 10.3 Å². The standard InChI is InChI=1S/C14H12ClN3O5S/c1-7-13(24-8(2)16-7)14(20)23-6-12(19)17-9-3-4-10(15)11(5-9)18(21)22/h3-5H,6H2,1-2H3,(H,17,19). The van der Waals surface area contributed by atoms with Crippen LogP contribution in [0.4, 0.5) is 11.4 Å². The molecule has 1 amide bonds. The molecule has 0 saturated carbocycles. The maximum atomic E-state index is 11.9. The van der Waals surface area contributed by atoms with E-state index in [-0.39, 0.29) is 16.4 Å². The second-order valence-corrected chi connectivity index (χ2v) is 6.31. The molecule has 2 aromatic rings. The van der Waals surface area contributed by atoms with E-state index < -0.39 is 23.4 Å². The first-order valence-electron chi connectivity index (χ1n) is 6.63. The first kappa shape index (κ1) is 17.8. The zero-order valence-electron chi connectivity index (χ0n) is 12.7. The summed E-state index contributed by atoms with van der Waals surface area (Å²) in [6.07, 6.45) is 0. The third-order valence-electron chi connectivity index (χ3n) is 2.85. The predicted octanol–water partition coefficient (Wildman–Crippen LogP) is 3.12. The fourth-order valence-electron chi connectivity index (χ4n) is 1.84. The Morgan fingerprint density at radius 3 is 2.71 bits per heavy atom. The number of esters is 1. The fraction of sp³-hybridized carbons (Fsp3) is 0.214. The average Bonchev–Trinajstić information content (AvgIpc) is 2.85. The molecule has 0 aliphatic rings. The summed E-state index contributed by atoms with van der Waals surface area (Å²) in [7, 11) is 0. The number of ether oxygens (including phenoxy) is 1. The van der Waals surface area contributed by atoms with Crippen LogP contribution < -0.4 is 5.32 Å². The smallest absolute Gasteiger partial charge is 0.350 e. The maximum Gasteiger partial charge on any atom is 0.350 e. The maximum absolute atomic E-state index is 11.9. The first-order chi connectivity index (χ1) is 11.3. The van der Waals surface area contributed by atoms with Gasteiger partial charge in [-0.3, -0.25) is 14.9 Å². The molecule has 0 unspecified atom stereocenters. The molecular weight excluding hydrogens is 358 g/mol. The van der Waals surface area contributed by atoms with E-state index in [0.717, 1.165) is 11.1 Å². The third kappa shape index (κ3) is 4.27. The van der Waals surface area contributed by atoms with Gasteiger partial charge in [0.05, 0.1) is 15.6 Å². The van der Waals surface area contributed by atoms with E-state index in [1.807, 2.05) is 0 Å². The number of nitrogens with zero attached hydrogens (tertiary/aromatic N) is 2. The van der Waals surface area contributed by atoms with Crippen molar-refractivity contribution in [2.75, 3.05) is 11.9 Å². The van der Waals surface area contributed by atoms with Crippen molar-refractivity contribution in [1.82, 2.24) is 4.98 Å². The minimum atomic E-state index is -0.660. The number of amides is 1. The Labute approximate surface area is 145 Å². The van der Waals surface area contributed by atoms with Gasteiger partial charge in [-0.05, 0) is 26.0 Å². The number of hydrogen-bond donors (Lipinski definition) is 1. The molecular formula is C14H12ClN3O5S. The lowest BCUT2D eigenvalue weighted by atomic mass is 10.3. The summed E-state index contributed by atoms with van der Waals surface area (Å²) in [5.74, 6) is -1.27. The quantitative estimate of drug-likeness (QED) is 0.492. The van der Waals surface area contributed by atoms with Crippen molar-refractivity contribution in [1.29, 1.82) is 0 Å². The van der Waals surface area contributed by atoms with Crippen LogP contribution in [0.25, 0.3) is 0 Å². The molecule has 0 aliphatic carbocycles. The van der Waals surface area contributed by atoms with Gasteiger partial charge in [0.1, 0.15) is 9.90 Å². The van der Waals surface area contributed by atoms with E-state index in [9.17, 15) is 19.7 Å². The molecule has 126 valence electrons. The molecule has 1 N–H and O–H groups in total. The van der Waals surface area contributed by atoms with Crippen molar-refractivity contribution in [2.45, 2.75) is 13.8 Å². The van der Waals surface area contributed by atoms with Crippen LogP contribution in [0, 0.1) is 24.0 Å². The average molecular weight is 370 g/mol. The van der Waals surface area contributed by atoms with E-state index in [4.69, 9.17) is 16.3 Å². The van der Waals surface area contributed by atoms with Crippen molar-refractivity contribution >= 4 is 46.2 Å². The molecule has 0 saturated heterocycles. The second-order valence-electron chi connectivity index (χ2n) is 4.70. The lowest BCUT2D eigenvalue weighted by Crippen LogP contribution is -2.20. The molecule has 24 heavy (non-hydrogen) atoms. The highest BCUT2D eigenvalue weighted by Crippen LogP contribution is 2.27. The summed E-state index contributed by atoms with van der Waals surface area (Å²) in [5.41, 5.74) is 0.385. The Morgan fingerprint density at radius 1 is 1.42 bits per heavy atom. The Bertz CT molecular complexity index is 821. The van der Waals surface area contributed by atoms with E-state index >= 15 is 0 Å². The summed E-state index contributed by atoms with van der Waals surface area (Å²) in [6, 6.07) is 3.83. The van der Waals surface area contributed by atoms with Crippen molar-refractivity contribution in [3.05, 3.63) is 48.9 Å². The Hall–Kier alpha value is -2.52. The monoisotopic (exact) mass is 369 g/mol. The number of aryl methyl sites for hydroxylation is 2. The Morgan fingerprint density at radius 2 is 2.12 bits per heavy atom. The zero-order valence-corrected chi connectivity index (χ0v) is 14.2. The van der Waals surface area contributed by atoms with Crippen LogP contribution in [0.2, 0.25) is 5.02 Å². The molecule has 0 aliphatic heterocycles. The molecule has 0 fully saturated rings. The largest absolute Gasteiger partial charge is 0.451 e. The Kier molecular flexibility index (Phi) is 5.47. The van der Waals surface area contributed by atoms with Gasteiger partial charge in [-0.25, -0.2) is 9.78 Å². The number of thiazole rings is 1. The van der Waals surface area contributed by atoms with Crippen LogP contribution >= 0.6 is 22.9 Å². The van der Waals surface area contributed by atoms with E-state index in [1.54, 1.807) is 13.8 Å². The lowest BCUT2D eigenvalue weighted by molar-refractivity contribution is -0.384. The zero-order chi connectivity index (χ0) is 17.9. The second kappa shape index (κ2) is 7.37. The number of halogens is 1. The van der Waals surface area contributed by atoms with Gasteiger partial charge < -0.3 is 10.1 Å². The number of benzene rings is 1. The van der Waals surface area contributed by atoms with Crippen molar-refractivity contribution in [2.24, 2.45) is 0 Å². The van der Waals surface area contributed by atoms with Gasteiger partial charge in [0, 0.05) is 11.8 Å².